The first-order valence-electron chi connectivity index (χ1n) is 21.0. The van der Waals surface area contributed by atoms with Gasteiger partial charge in [0.15, 0.2) is 0 Å². The Morgan fingerprint density at radius 2 is 0.500 bits per heavy atom. The van der Waals surface area contributed by atoms with Gasteiger partial charge in [-0.05, 0) is 220 Å². The van der Waals surface area contributed by atoms with E-state index in [4.69, 9.17) is 9.97 Å². The lowest BCUT2D eigenvalue weighted by molar-refractivity contribution is 0.893. The van der Waals surface area contributed by atoms with Gasteiger partial charge >= 0.3 is 0 Å². The topological polar surface area (TPSA) is 57.4 Å². The zero-order valence-electron chi connectivity index (χ0n) is 33.9. The summed E-state index contributed by atoms with van der Waals surface area (Å²) in [6.45, 7) is 18.7. The summed E-state index contributed by atoms with van der Waals surface area (Å²) >= 11 is 0. The van der Waals surface area contributed by atoms with Gasteiger partial charge < -0.3 is 9.97 Å². The number of rotatable bonds is 0. The van der Waals surface area contributed by atoms with E-state index in [2.05, 4.69) is 89.6 Å². The summed E-state index contributed by atoms with van der Waals surface area (Å²) in [5.41, 5.74) is 38.1. The first kappa shape index (κ1) is 31.7. The molecule has 4 nitrogen and oxygen atoms in total. The Morgan fingerprint density at radius 3 is 0.732 bits per heavy atom. The molecule has 0 unspecified atom stereocenters. The van der Waals surface area contributed by atoms with Crippen LogP contribution >= 0.6 is 0 Å². The molecule has 0 saturated heterocycles. The molecular formula is C52H46N4. The number of aryl methyl sites for hydroxylation is 4. The van der Waals surface area contributed by atoms with Crippen molar-refractivity contribution >= 4 is 43.6 Å². The number of H-pyrrole nitrogens is 2. The van der Waals surface area contributed by atoms with Crippen LogP contribution in [0.4, 0.5) is 0 Å². The number of hydrogen-bond acceptors (Lipinski definition) is 2. The van der Waals surface area contributed by atoms with E-state index in [9.17, 15) is 0 Å². The third-order valence-corrected chi connectivity index (χ3v) is 16.0. The first-order chi connectivity index (χ1) is 27.1. The van der Waals surface area contributed by atoms with Crippen molar-refractivity contribution < 1.29 is 0 Å². The SMILES string of the molecule is Cc1c(C)c2c3c(c1CC2)-c1cc2[nH]c(cc4nc(cc5[nH]c(cc-3n1)c1c3c(C)c(C)c(c51)CC3)-c1c3c(C)c(C)c(c1-4)CC3)c1c3c(C)c(C)c(c21)CC3. The van der Waals surface area contributed by atoms with E-state index in [1.807, 2.05) is 0 Å². The second-order valence-corrected chi connectivity index (χ2v) is 18.1. The number of hydrogen-bond donors (Lipinski definition) is 2. The molecule has 0 saturated carbocycles. The molecule has 3 aromatic heterocycles. The van der Waals surface area contributed by atoms with E-state index in [0.29, 0.717) is 0 Å². The van der Waals surface area contributed by atoms with Crippen molar-refractivity contribution in [2.75, 3.05) is 0 Å². The fraction of sp³-hybridized carbons (Fsp3) is 0.308. The molecule has 10 aliphatic rings. The van der Waals surface area contributed by atoms with Crippen LogP contribution < -0.4 is 0 Å². The molecule has 56 heavy (non-hydrogen) atoms. The summed E-state index contributed by atoms with van der Waals surface area (Å²) in [5.74, 6) is 0. The van der Waals surface area contributed by atoms with Gasteiger partial charge in [-0.15, -0.1) is 0 Å². The van der Waals surface area contributed by atoms with Gasteiger partial charge in [0.2, 0.25) is 0 Å². The van der Waals surface area contributed by atoms with Crippen LogP contribution in [0.25, 0.3) is 88.6 Å². The molecule has 16 bridgehead atoms. The number of fused-ring (bicyclic) bond motifs is 16. The summed E-state index contributed by atoms with van der Waals surface area (Å²) in [7, 11) is 0. The van der Waals surface area contributed by atoms with Crippen LogP contribution in [-0.4, -0.2) is 19.9 Å². The molecule has 2 N–H and O–H groups in total. The maximum Gasteiger partial charge on any atom is 0.0740 e. The fourth-order valence-corrected chi connectivity index (χ4v) is 12.8. The Bertz CT molecular complexity index is 2890. The van der Waals surface area contributed by atoms with Crippen LogP contribution in [0.5, 0.6) is 0 Å². The number of aromatic amines is 2. The van der Waals surface area contributed by atoms with Gasteiger partial charge in [-0.2, -0.15) is 0 Å². The molecule has 2 aliphatic heterocycles. The average molecular weight is 727 g/mol. The van der Waals surface area contributed by atoms with Crippen LogP contribution in [0.1, 0.15) is 89.0 Å². The molecule has 0 amide bonds. The number of aromatic nitrogens is 4. The molecule has 4 aromatic carbocycles. The van der Waals surface area contributed by atoms with Crippen molar-refractivity contribution in [3.63, 3.8) is 0 Å². The van der Waals surface area contributed by atoms with Crippen molar-refractivity contribution in [1.29, 1.82) is 0 Å². The van der Waals surface area contributed by atoms with Gasteiger partial charge in [0, 0.05) is 65.9 Å². The Morgan fingerprint density at radius 1 is 0.304 bits per heavy atom. The lowest BCUT2D eigenvalue weighted by Gasteiger charge is -2.26. The minimum atomic E-state index is 1.09. The molecule has 7 aromatic rings. The van der Waals surface area contributed by atoms with E-state index in [-0.39, 0.29) is 0 Å². The second kappa shape index (κ2) is 10.3. The highest BCUT2D eigenvalue weighted by molar-refractivity contribution is 6.15. The molecular weight excluding hydrogens is 681 g/mol. The molecule has 4 heteroatoms. The fourth-order valence-electron chi connectivity index (χ4n) is 12.8. The van der Waals surface area contributed by atoms with E-state index in [0.717, 1.165) is 74.1 Å². The minimum absolute atomic E-state index is 1.09. The number of nitrogens with zero attached hydrogens (tertiary/aromatic N) is 2. The van der Waals surface area contributed by atoms with E-state index in [1.54, 1.807) is 0 Å². The van der Waals surface area contributed by atoms with Crippen molar-refractivity contribution in [2.45, 2.75) is 107 Å². The predicted octanol–water partition coefficient (Wildman–Crippen LogP) is 12.2. The smallest absolute Gasteiger partial charge is 0.0740 e. The van der Waals surface area contributed by atoms with Gasteiger partial charge in [0.05, 0.1) is 22.8 Å². The molecule has 0 fully saturated rings. The zero-order valence-corrected chi connectivity index (χ0v) is 33.9. The third kappa shape index (κ3) is 3.60. The summed E-state index contributed by atoms with van der Waals surface area (Å²) in [6, 6.07) is 9.67. The highest BCUT2D eigenvalue weighted by atomic mass is 14.8. The summed E-state index contributed by atoms with van der Waals surface area (Å²) in [5, 5.41) is 5.56. The van der Waals surface area contributed by atoms with E-state index < -0.39 is 0 Å². The van der Waals surface area contributed by atoms with Gasteiger partial charge in [0.25, 0.3) is 0 Å². The Hall–Kier alpha value is -5.48. The highest BCUT2D eigenvalue weighted by Gasteiger charge is 2.34. The summed E-state index contributed by atoms with van der Waals surface area (Å²) in [6.07, 6.45) is 8.75. The average Bonchev–Trinajstić information content (AvgIpc) is 3.96. The molecule has 5 heterocycles. The third-order valence-electron chi connectivity index (χ3n) is 16.0. The standard InChI is InChI=1S/C52H46N4/c1-21-22(2)30-10-9-29(21)45-37-17-39-47-31-11-12-33(24(4)23(31)3)49(47)41(54-39)19-43-51-35-15-16-36(28(8)27(35)7)52(51)44(56-43)20-42-50-34-14-13-32(25(5)26(34)6)48(50)40(55-42)18-38(53-37)46(30)45/h17-20,53,56H,9-16H2,1-8H3. The van der Waals surface area contributed by atoms with Crippen LogP contribution in [0.15, 0.2) is 24.3 Å². The van der Waals surface area contributed by atoms with Crippen molar-refractivity contribution in [1.82, 2.24) is 19.9 Å². The lowest BCUT2D eigenvalue weighted by atomic mass is 9.77. The minimum Gasteiger partial charge on any atom is -0.354 e. The van der Waals surface area contributed by atoms with Gasteiger partial charge in [-0.25, -0.2) is 9.97 Å². The summed E-state index contributed by atoms with van der Waals surface area (Å²) in [4.78, 5) is 19.5. The molecule has 0 radical (unpaired) electrons. The van der Waals surface area contributed by atoms with Crippen molar-refractivity contribution in [3.8, 4) is 45.0 Å². The molecule has 8 aliphatic carbocycles. The maximum absolute atomic E-state index is 5.69. The van der Waals surface area contributed by atoms with Crippen LogP contribution in [-0.2, 0) is 51.4 Å². The Kier molecular flexibility index (Phi) is 5.82. The highest BCUT2D eigenvalue weighted by Crippen LogP contribution is 2.52. The van der Waals surface area contributed by atoms with Crippen LogP contribution in [0.2, 0.25) is 0 Å². The molecule has 17 rings (SSSR count). The Balaban J connectivity index is 1.29. The van der Waals surface area contributed by atoms with Gasteiger partial charge in [-0.3, -0.25) is 0 Å². The zero-order chi connectivity index (χ0) is 37.8. The van der Waals surface area contributed by atoms with Crippen LogP contribution in [0, 0.1) is 55.4 Å². The van der Waals surface area contributed by atoms with Crippen molar-refractivity contribution in [2.24, 2.45) is 0 Å². The molecule has 274 valence electrons. The number of benzene rings is 4. The second-order valence-electron chi connectivity index (χ2n) is 18.1. The normalized spacial score (nSPS) is 15.3. The maximum atomic E-state index is 5.69. The predicted molar refractivity (Wildman–Crippen MR) is 232 cm³/mol. The van der Waals surface area contributed by atoms with E-state index >= 15 is 0 Å². The van der Waals surface area contributed by atoms with Gasteiger partial charge in [-0.1, -0.05) is 0 Å². The molecule has 0 atom stereocenters. The first-order valence-corrected chi connectivity index (χ1v) is 21.0. The van der Waals surface area contributed by atoms with Gasteiger partial charge in [0.1, 0.15) is 0 Å². The largest absolute Gasteiger partial charge is 0.354 e. The lowest BCUT2D eigenvalue weighted by Crippen LogP contribution is -2.11. The Labute approximate surface area is 327 Å². The number of nitrogens with one attached hydrogen (secondary N) is 2. The quantitative estimate of drug-likeness (QED) is 0.163. The summed E-state index contributed by atoms with van der Waals surface area (Å²) < 4.78 is 0. The monoisotopic (exact) mass is 726 g/mol. The van der Waals surface area contributed by atoms with Crippen LogP contribution in [0.3, 0.4) is 0 Å². The molecule has 0 spiro atoms. The van der Waals surface area contributed by atoms with E-state index in [1.165, 1.54) is 155 Å². The van der Waals surface area contributed by atoms with Crippen molar-refractivity contribution in [3.05, 3.63) is 113 Å².